The molecule has 0 radical (unpaired) electrons. The number of amides is 4. The van der Waals surface area contributed by atoms with Crippen LogP contribution >= 0.6 is 34.8 Å². The highest BCUT2D eigenvalue weighted by atomic mass is 35.5. The number of benzene rings is 5. The van der Waals surface area contributed by atoms with E-state index in [0.717, 1.165) is 49.3 Å². The maximum absolute atomic E-state index is 12.3. The summed E-state index contributed by atoms with van der Waals surface area (Å²) in [4.78, 5) is 50.6. The molecule has 14 heteroatoms. The summed E-state index contributed by atoms with van der Waals surface area (Å²) in [5.74, 6) is -1.08. The van der Waals surface area contributed by atoms with E-state index < -0.39 is 12.2 Å². The molecule has 0 aromatic heterocycles. The van der Waals surface area contributed by atoms with Gasteiger partial charge in [0, 0.05) is 27.3 Å². The largest absolute Gasteiger partial charge is 0.399 e. The number of aliphatic hydroxyl groups is 2. The smallest absolute Gasteiger partial charge is 0.261 e. The number of carbonyl (C=O) groups excluding carboxylic acids is 4. The number of aryl methyl sites for hydroxylation is 5. The lowest BCUT2D eigenvalue weighted by atomic mass is 10.0. The predicted molar refractivity (Wildman–Crippen MR) is 244 cm³/mol. The molecule has 1 saturated heterocycles. The lowest BCUT2D eigenvalue weighted by Gasteiger charge is -2.18. The summed E-state index contributed by atoms with van der Waals surface area (Å²) in [6.45, 7) is 7.20. The van der Waals surface area contributed by atoms with Gasteiger partial charge in [0.15, 0.2) is 0 Å². The lowest BCUT2D eigenvalue weighted by molar-refractivity contribution is 0.0532. The van der Waals surface area contributed by atoms with Gasteiger partial charge in [-0.2, -0.15) is 0 Å². The average molecular weight is 902 g/mol. The van der Waals surface area contributed by atoms with Crippen molar-refractivity contribution in [3.8, 4) is 0 Å². The van der Waals surface area contributed by atoms with Gasteiger partial charge in [-0.15, -0.1) is 0 Å². The Morgan fingerprint density at radius 2 is 1.00 bits per heavy atom. The minimum atomic E-state index is -0.761. The SMILES string of the molecule is Cc1cc(CCC(O)CN)ccc1Cl.Cc1cc(CCC(O)CN2C(=O)c3ccccc3C2=O)ccc1Cl.Cc1cc(N)ccc1Cl.O=C1c2ccccc2C(=O)N1CC1CO1. The second kappa shape index (κ2) is 22.3. The van der Waals surface area contributed by atoms with Crippen molar-refractivity contribution in [2.24, 2.45) is 5.73 Å². The highest BCUT2D eigenvalue weighted by Crippen LogP contribution is 2.26. The summed E-state index contributed by atoms with van der Waals surface area (Å²) in [5, 5.41) is 21.8. The zero-order valence-corrected chi connectivity index (χ0v) is 37.1. The first kappa shape index (κ1) is 47.9. The molecular formula is C48H51Cl3N4O7. The van der Waals surface area contributed by atoms with E-state index >= 15 is 0 Å². The minimum Gasteiger partial charge on any atom is -0.399 e. The Labute approximate surface area is 377 Å². The van der Waals surface area contributed by atoms with Crippen molar-refractivity contribution in [1.29, 1.82) is 0 Å². The number of nitrogens with zero attached hydrogens (tertiary/aromatic N) is 2. The number of nitrogens with two attached hydrogens (primary N) is 2. The third-order valence-electron chi connectivity index (χ3n) is 10.4. The van der Waals surface area contributed by atoms with Crippen molar-refractivity contribution >= 4 is 64.1 Å². The fourth-order valence-corrected chi connectivity index (χ4v) is 7.02. The van der Waals surface area contributed by atoms with Crippen molar-refractivity contribution in [2.45, 2.75) is 64.8 Å². The Bertz CT molecular complexity index is 2340. The zero-order chi connectivity index (χ0) is 45.1. The number of rotatable bonds is 11. The van der Waals surface area contributed by atoms with Crippen LogP contribution in [-0.4, -0.2) is 88.2 Å². The van der Waals surface area contributed by atoms with Gasteiger partial charge in [-0.25, -0.2) is 0 Å². The molecule has 0 bridgehead atoms. The Balaban J connectivity index is 0.000000166. The summed E-state index contributed by atoms with van der Waals surface area (Å²) >= 11 is 17.6. The molecule has 8 rings (SSSR count). The van der Waals surface area contributed by atoms with E-state index in [2.05, 4.69) is 0 Å². The Kier molecular flexibility index (Phi) is 17.2. The summed E-state index contributed by atoms with van der Waals surface area (Å²) in [5.41, 5.74) is 18.7. The number of β-amino-alcohol motifs (C(OH)–C–C–N with tert-alkyl or cyclic N) is 1. The van der Waals surface area contributed by atoms with E-state index in [1.165, 1.54) is 10.5 Å². The van der Waals surface area contributed by atoms with Gasteiger partial charge in [0.25, 0.3) is 23.6 Å². The van der Waals surface area contributed by atoms with E-state index in [4.69, 9.17) is 51.0 Å². The minimum absolute atomic E-state index is 0.0128. The number of ether oxygens (including phenoxy) is 1. The Morgan fingerprint density at radius 3 is 1.37 bits per heavy atom. The Hall–Kier alpha value is -5.11. The van der Waals surface area contributed by atoms with Gasteiger partial charge in [-0.1, -0.05) is 83.3 Å². The van der Waals surface area contributed by atoms with Crippen LogP contribution in [0.4, 0.5) is 5.69 Å². The second-order valence-electron chi connectivity index (χ2n) is 15.3. The summed E-state index contributed by atoms with van der Waals surface area (Å²) in [7, 11) is 0. The number of halogens is 3. The molecule has 5 aromatic carbocycles. The number of fused-ring (bicyclic) bond motifs is 2. The molecule has 4 amide bonds. The van der Waals surface area contributed by atoms with Gasteiger partial charge in [-0.3, -0.25) is 29.0 Å². The Morgan fingerprint density at radius 1 is 0.613 bits per heavy atom. The van der Waals surface area contributed by atoms with Crippen LogP contribution < -0.4 is 11.5 Å². The molecule has 1 fully saturated rings. The normalized spacial score (nSPS) is 15.7. The molecule has 3 heterocycles. The van der Waals surface area contributed by atoms with Crippen LogP contribution in [0.15, 0.2) is 103 Å². The third kappa shape index (κ3) is 13.0. The van der Waals surface area contributed by atoms with E-state index in [1.807, 2.05) is 63.2 Å². The first-order valence-corrected chi connectivity index (χ1v) is 21.3. The molecule has 62 heavy (non-hydrogen) atoms. The number of carbonyl (C=O) groups is 4. The number of nitrogen functional groups attached to an aromatic ring is 1. The topological polar surface area (TPSA) is 180 Å². The molecule has 0 spiro atoms. The quantitative estimate of drug-likeness (QED) is 0.0580. The van der Waals surface area contributed by atoms with Crippen LogP contribution in [0.3, 0.4) is 0 Å². The molecule has 0 saturated carbocycles. The fraction of sp³-hybridized carbons (Fsp3) is 0.292. The van der Waals surface area contributed by atoms with Gasteiger partial charge in [0.1, 0.15) is 0 Å². The standard InChI is InChI=1S/C19H18ClNO3.C11H16ClNO.C11H9NO3.C7H8ClN/c1-12-10-13(7-9-17(12)20)6-8-14(22)11-21-18(23)15-4-2-3-5-16(15)19(21)24;1-8-6-9(3-5-11(8)12)2-4-10(14)7-13;13-10-8-3-1-2-4-9(8)11(14)12(10)5-7-6-15-7;1-5-4-6(9)2-3-7(5)8/h2-5,7,9-10,14,22H,6,8,11H2,1H3;3,5-6,10,14H,2,4,7,13H2,1H3;1-4,7H,5-6H2;2-4H,9H2,1H3. The highest BCUT2D eigenvalue weighted by molar-refractivity contribution is 6.32. The van der Waals surface area contributed by atoms with Crippen molar-refractivity contribution in [3.63, 3.8) is 0 Å². The number of anilines is 1. The number of aliphatic hydroxyl groups excluding tert-OH is 2. The molecule has 3 atom stereocenters. The van der Waals surface area contributed by atoms with Gasteiger partial charge < -0.3 is 26.4 Å². The zero-order valence-electron chi connectivity index (χ0n) is 34.8. The number of hydrogen-bond acceptors (Lipinski definition) is 9. The van der Waals surface area contributed by atoms with Crippen LogP contribution in [0, 0.1) is 20.8 Å². The fourth-order valence-electron chi connectivity index (χ4n) is 6.67. The van der Waals surface area contributed by atoms with Gasteiger partial charge in [0.2, 0.25) is 0 Å². The molecule has 6 N–H and O–H groups in total. The van der Waals surface area contributed by atoms with Crippen LogP contribution in [0.5, 0.6) is 0 Å². The summed E-state index contributed by atoms with van der Waals surface area (Å²) < 4.78 is 5.02. The molecule has 5 aromatic rings. The van der Waals surface area contributed by atoms with E-state index in [1.54, 1.807) is 60.7 Å². The van der Waals surface area contributed by atoms with Gasteiger partial charge in [0.05, 0.1) is 60.3 Å². The molecule has 3 aliphatic heterocycles. The van der Waals surface area contributed by atoms with Crippen molar-refractivity contribution in [2.75, 3.05) is 32.0 Å². The maximum Gasteiger partial charge on any atom is 0.261 e. The molecule has 3 unspecified atom stereocenters. The average Bonchev–Trinajstić information content (AvgIpc) is 4.03. The van der Waals surface area contributed by atoms with Crippen LogP contribution in [0.25, 0.3) is 0 Å². The molecule has 11 nitrogen and oxygen atoms in total. The summed E-state index contributed by atoms with van der Waals surface area (Å²) in [6, 6.07) is 30.7. The van der Waals surface area contributed by atoms with Crippen molar-refractivity contribution in [3.05, 3.63) is 168 Å². The van der Waals surface area contributed by atoms with Crippen LogP contribution in [0.2, 0.25) is 15.1 Å². The monoisotopic (exact) mass is 900 g/mol. The number of imide groups is 2. The number of epoxide rings is 1. The maximum atomic E-state index is 12.3. The van der Waals surface area contributed by atoms with Crippen LogP contribution in [-0.2, 0) is 17.6 Å². The van der Waals surface area contributed by atoms with Crippen LogP contribution in [0.1, 0.15) is 82.1 Å². The van der Waals surface area contributed by atoms with E-state index in [0.29, 0.717) is 66.2 Å². The second-order valence-corrected chi connectivity index (χ2v) is 16.5. The van der Waals surface area contributed by atoms with Crippen molar-refractivity contribution < 1.29 is 34.1 Å². The van der Waals surface area contributed by atoms with Gasteiger partial charge >= 0.3 is 0 Å². The van der Waals surface area contributed by atoms with E-state index in [9.17, 15) is 29.4 Å². The molecule has 3 aliphatic rings. The molecular weight excluding hydrogens is 851 g/mol. The van der Waals surface area contributed by atoms with Crippen molar-refractivity contribution in [1.82, 2.24) is 9.80 Å². The van der Waals surface area contributed by atoms with Gasteiger partial charge in [-0.05, 0) is 129 Å². The highest BCUT2D eigenvalue weighted by Gasteiger charge is 2.39. The third-order valence-corrected chi connectivity index (χ3v) is 11.6. The molecule has 0 aliphatic carbocycles. The first-order chi connectivity index (χ1) is 29.6. The predicted octanol–water partition coefficient (Wildman–Crippen LogP) is 8.05. The number of hydrogen-bond donors (Lipinski definition) is 4. The molecule has 326 valence electrons. The first-order valence-electron chi connectivity index (χ1n) is 20.2. The lowest BCUT2D eigenvalue weighted by Crippen LogP contribution is -2.37. The summed E-state index contributed by atoms with van der Waals surface area (Å²) in [6.07, 6.45) is 1.56. The van der Waals surface area contributed by atoms with E-state index in [-0.39, 0.29) is 36.3 Å².